The first kappa shape index (κ1) is 17.6. The van der Waals surface area contributed by atoms with Gasteiger partial charge in [0.15, 0.2) is 0 Å². The van der Waals surface area contributed by atoms with Crippen LogP contribution >= 0.6 is 0 Å². The van der Waals surface area contributed by atoms with Crippen LogP contribution in [-0.4, -0.2) is 29.4 Å². The van der Waals surface area contributed by atoms with Gasteiger partial charge in [-0.2, -0.15) is 4.31 Å². The predicted molar refractivity (Wildman–Crippen MR) is 92.8 cm³/mol. The van der Waals surface area contributed by atoms with Crippen molar-refractivity contribution in [2.75, 3.05) is 6.54 Å². The molecule has 27 heavy (non-hydrogen) atoms. The summed E-state index contributed by atoms with van der Waals surface area (Å²) in [5, 5.41) is 4.02. The summed E-state index contributed by atoms with van der Waals surface area (Å²) in [5.74, 6) is 0.759. The molecule has 3 heterocycles. The molecule has 1 aliphatic heterocycles. The number of aromatic nitrogens is 2. The van der Waals surface area contributed by atoms with Crippen LogP contribution in [0.4, 0.5) is 4.39 Å². The topological polar surface area (TPSA) is 85.5 Å². The molecule has 9 heteroatoms. The molecule has 0 saturated carbocycles. The molecule has 1 aliphatic rings. The van der Waals surface area contributed by atoms with Crippen molar-refractivity contribution in [1.82, 2.24) is 14.4 Å². The standard InChI is InChI=1S/C18H16FN3O4S/c19-13-3-5-15(6-4-13)27(23,24)22-9-7-18-16(11-22)17(21-26-18)12-25-14-2-1-8-20-10-14/h1-6,8,10H,7,9,11-12H2. The van der Waals surface area contributed by atoms with Gasteiger partial charge in [0.05, 0.1) is 11.1 Å². The Bertz CT molecular complexity index is 1040. The number of hydrogen-bond acceptors (Lipinski definition) is 6. The molecule has 3 aromatic rings. The van der Waals surface area contributed by atoms with E-state index < -0.39 is 15.8 Å². The first-order valence-corrected chi connectivity index (χ1v) is 9.73. The third kappa shape index (κ3) is 3.56. The summed E-state index contributed by atoms with van der Waals surface area (Å²) in [6, 6.07) is 8.32. The maximum atomic E-state index is 13.1. The number of halogens is 1. The Hall–Kier alpha value is -2.78. The van der Waals surface area contributed by atoms with Crippen LogP contribution in [0.15, 0.2) is 58.2 Å². The molecule has 0 atom stereocenters. The maximum Gasteiger partial charge on any atom is 0.243 e. The first-order valence-electron chi connectivity index (χ1n) is 8.29. The zero-order valence-electron chi connectivity index (χ0n) is 14.2. The minimum atomic E-state index is -3.74. The lowest BCUT2D eigenvalue weighted by Gasteiger charge is -2.25. The molecule has 0 amide bonds. The van der Waals surface area contributed by atoms with Gasteiger partial charge in [0, 0.05) is 31.3 Å². The van der Waals surface area contributed by atoms with Crippen LogP contribution in [0, 0.1) is 5.82 Å². The molecule has 0 fully saturated rings. The Balaban J connectivity index is 1.54. The number of fused-ring (bicyclic) bond motifs is 1. The predicted octanol–water partition coefficient (Wildman–Crippen LogP) is 2.53. The van der Waals surface area contributed by atoms with E-state index in [0.717, 1.165) is 12.1 Å². The largest absolute Gasteiger partial charge is 0.486 e. The highest BCUT2D eigenvalue weighted by atomic mass is 32.2. The lowest BCUT2D eigenvalue weighted by atomic mass is 10.1. The highest BCUT2D eigenvalue weighted by Crippen LogP contribution is 2.28. The number of ether oxygens (including phenoxy) is 1. The van der Waals surface area contributed by atoms with Crippen LogP contribution in [0.5, 0.6) is 5.75 Å². The first-order chi connectivity index (χ1) is 13.0. The minimum Gasteiger partial charge on any atom is -0.486 e. The molecule has 0 spiro atoms. The van der Waals surface area contributed by atoms with E-state index in [0.29, 0.717) is 29.2 Å². The summed E-state index contributed by atoms with van der Waals surface area (Å²) in [5.41, 5.74) is 1.25. The van der Waals surface area contributed by atoms with Gasteiger partial charge in [-0.25, -0.2) is 12.8 Å². The van der Waals surface area contributed by atoms with Gasteiger partial charge in [0.2, 0.25) is 10.0 Å². The van der Waals surface area contributed by atoms with Crippen molar-refractivity contribution < 1.29 is 22.1 Å². The Morgan fingerprint density at radius 2 is 2.04 bits per heavy atom. The summed E-state index contributed by atoms with van der Waals surface area (Å²) in [7, 11) is -3.74. The van der Waals surface area contributed by atoms with Crippen LogP contribution < -0.4 is 4.74 Å². The monoisotopic (exact) mass is 389 g/mol. The lowest BCUT2D eigenvalue weighted by molar-refractivity contribution is 0.286. The van der Waals surface area contributed by atoms with Gasteiger partial charge in [-0.15, -0.1) is 0 Å². The highest BCUT2D eigenvalue weighted by Gasteiger charge is 2.32. The molecule has 0 bridgehead atoms. The van der Waals surface area contributed by atoms with Crippen LogP contribution in [-0.2, 0) is 29.6 Å². The fraction of sp³-hybridized carbons (Fsp3) is 0.222. The Labute approximate surface area is 155 Å². The number of benzene rings is 1. The average Bonchev–Trinajstić information content (AvgIpc) is 3.10. The van der Waals surface area contributed by atoms with Crippen LogP contribution in [0.2, 0.25) is 0 Å². The third-order valence-corrected chi connectivity index (χ3v) is 6.19. The average molecular weight is 389 g/mol. The van der Waals surface area contributed by atoms with Gasteiger partial charge in [-0.05, 0) is 36.4 Å². The normalized spacial score (nSPS) is 14.7. The molecule has 0 radical (unpaired) electrons. The fourth-order valence-corrected chi connectivity index (χ4v) is 4.31. The molecular formula is C18H16FN3O4S. The second kappa shape index (κ2) is 7.09. The van der Waals surface area contributed by atoms with E-state index in [4.69, 9.17) is 9.26 Å². The van der Waals surface area contributed by atoms with Crippen LogP contribution in [0.1, 0.15) is 17.0 Å². The van der Waals surface area contributed by atoms with Crippen molar-refractivity contribution in [3.8, 4) is 5.75 Å². The minimum absolute atomic E-state index is 0.0527. The third-order valence-electron chi connectivity index (χ3n) is 4.34. The number of pyridine rings is 1. The molecule has 4 rings (SSSR count). The number of rotatable bonds is 5. The van der Waals surface area contributed by atoms with Crippen LogP contribution in [0.25, 0.3) is 0 Å². The molecule has 1 aromatic carbocycles. The van der Waals surface area contributed by atoms with Crippen molar-refractivity contribution in [2.45, 2.75) is 24.5 Å². The number of sulfonamides is 1. The van der Waals surface area contributed by atoms with Gasteiger partial charge in [-0.1, -0.05) is 5.16 Å². The van der Waals surface area contributed by atoms with E-state index in [-0.39, 0.29) is 24.6 Å². The Morgan fingerprint density at radius 3 is 2.78 bits per heavy atom. The van der Waals surface area contributed by atoms with Gasteiger partial charge >= 0.3 is 0 Å². The van der Waals surface area contributed by atoms with Crippen LogP contribution in [0.3, 0.4) is 0 Å². The van der Waals surface area contributed by atoms with E-state index in [1.165, 1.54) is 16.4 Å². The van der Waals surface area contributed by atoms with Gasteiger partial charge < -0.3 is 9.26 Å². The van der Waals surface area contributed by atoms with E-state index in [2.05, 4.69) is 10.1 Å². The van der Waals surface area contributed by atoms with Crippen molar-refractivity contribution in [1.29, 1.82) is 0 Å². The van der Waals surface area contributed by atoms with Crippen molar-refractivity contribution in [2.24, 2.45) is 0 Å². The molecule has 2 aromatic heterocycles. The molecule has 7 nitrogen and oxygen atoms in total. The van der Waals surface area contributed by atoms with Gasteiger partial charge in [0.1, 0.15) is 29.6 Å². The van der Waals surface area contributed by atoms with Crippen molar-refractivity contribution in [3.05, 3.63) is 71.6 Å². The lowest BCUT2D eigenvalue weighted by Crippen LogP contribution is -2.36. The molecule has 140 valence electrons. The molecule has 0 aliphatic carbocycles. The molecule has 0 N–H and O–H groups in total. The van der Waals surface area contributed by atoms with E-state index in [1.54, 1.807) is 24.5 Å². The Kier molecular flexibility index (Phi) is 4.63. The van der Waals surface area contributed by atoms with Gasteiger partial charge in [0.25, 0.3) is 0 Å². The number of hydrogen-bond donors (Lipinski definition) is 0. The SMILES string of the molecule is O=S(=O)(c1ccc(F)cc1)N1CCc2onc(COc3cccnc3)c2C1. The maximum absolute atomic E-state index is 13.1. The van der Waals surface area contributed by atoms with E-state index in [9.17, 15) is 12.8 Å². The Morgan fingerprint density at radius 1 is 1.22 bits per heavy atom. The summed E-state index contributed by atoms with van der Waals surface area (Å²) < 4.78 is 51.1. The summed E-state index contributed by atoms with van der Waals surface area (Å²) in [6.07, 6.45) is 3.64. The highest BCUT2D eigenvalue weighted by molar-refractivity contribution is 7.89. The summed E-state index contributed by atoms with van der Waals surface area (Å²) in [6.45, 7) is 0.546. The van der Waals surface area contributed by atoms with E-state index in [1.807, 2.05) is 0 Å². The number of nitrogens with zero attached hydrogens (tertiary/aromatic N) is 3. The smallest absolute Gasteiger partial charge is 0.243 e. The van der Waals surface area contributed by atoms with Crippen molar-refractivity contribution >= 4 is 10.0 Å². The second-order valence-corrected chi connectivity index (χ2v) is 7.99. The summed E-state index contributed by atoms with van der Waals surface area (Å²) in [4.78, 5) is 4.03. The molecule has 0 saturated heterocycles. The second-order valence-electron chi connectivity index (χ2n) is 6.05. The molecular weight excluding hydrogens is 373 g/mol. The van der Waals surface area contributed by atoms with E-state index >= 15 is 0 Å². The quantitative estimate of drug-likeness (QED) is 0.667. The fourth-order valence-electron chi connectivity index (χ4n) is 2.90. The van der Waals surface area contributed by atoms with Gasteiger partial charge in [-0.3, -0.25) is 4.98 Å². The molecule has 0 unspecified atom stereocenters. The zero-order chi connectivity index (χ0) is 18.9. The van der Waals surface area contributed by atoms with Crippen molar-refractivity contribution in [3.63, 3.8) is 0 Å². The zero-order valence-corrected chi connectivity index (χ0v) is 15.0. The summed E-state index contributed by atoms with van der Waals surface area (Å²) >= 11 is 0.